The number of fused-ring (bicyclic) bond motifs is 2. The van der Waals surface area contributed by atoms with Crippen molar-refractivity contribution in [1.29, 1.82) is 0 Å². The maximum Gasteiger partial charge on any atom is 0.318 e. The van der Waals surface area contributed by atoms with E-state index in [-0.39, 0.29) is 12.1 Å². The van der Waals surface area contributed by atoms with Crippen molar-refractivity contribution in [3.05, 3.63) is 47.3 Å². The highest BCUT2D eigenvalue weighted by atomic mass is 16.5. The molecule has 6 nitrogen and oxygen atoms in total. The highest BCUT2D eigenvalue weighted by Gasteiger charge is 2.33. The number of hydrogen-bond donors (Lipinski definition) is 2. The summed E-state index contributed by atoms with van der Waals surface area (Å²) in [4.78, 5) is 14.8. The van der Waals surface area contributed by atoms with Gasteiger partial charge in [0.1, 0.15) is 11.4 Å². The third-order valence-corrected chi connectivity index (χ3v) is 4.92. The number of rotatable bonds is 1. The molecule has 1 aliphatic carbocycles. The van der Waals surface area contributed by atoms with E-state index in [0.717, 1.165) is 36.3 Å². The van der Waals surface area contributed by atoms with Crippen molar-refractivity contribution in [3.63, 3.8) is 0 Å². The lowest BCUT2D eigenvalue weighted by atomic mass is 9.94. The van der Waals surface area contributed by atoms with Gasteiger partial charge in [-0.1, -0.05) is 18.2 Å². The summed E-state index contributed by atoms with van der Waals surface area (Å²) in [5.41, 5.74) is 2.86. The van der Waals surface area contributed by atoms with Crippen molar-refractivity contribution >= 4 is 6.03 Å². The van der Waals surface area contributed by atoms with Crippen molar-refractivity contribution in [2.75, 3.05) is 6.54 Å². The van der Waals surface area contributed by atoms with Gasteiger partial charge < -0.3 is 15.0 Å². The van der Waals surface area contributed by atoms with Crippen molar-refractivity contribution in [2.24, 2.45) is 0 Å². The molecule has 0 unspecified atom stereocenters. The SMILES string of the molecule is CC1(C)CN(C(=O)N[C@H]2CCCc3cn[nH]c32)Cc2ccccc2O1. The van der Waals surface area contributed by atoms with Gasteiger partial charge in [-0.15, -0.1) is 0 Å². The summed E-state index contributed by atoms with van der Waals surface area (Å²) in [6.45, 7) is 5.12. The zero-order valence-electron chi connectivity index (χ0n) is 14.7. The lowest BCUT2D eigenvalue weighted by molar-refractivity contribution is 0.0799. The number of ether oxygens (including phenoxy) is 1. The second-order valence-electron chi connectivity index (χ2n) is 7.53. The van der Waals surface area contributed by atoms with Gasteiger partial charge in [0.05, 0.1) is 31.0 Å². The molecule has 25 heavy (non-hydrogen) atoms. The monoisotopic (exact) mass is 340 g/mol. The number of aromatic nitrogens is 2. The Hall–Kier alpha value is -2.50. The Morgan fingerprint density at radius 3 is 3.08 bits per heavy atom. The highest BCUT2D eigenvalue weighted by molar-refractivity contribution is 5.75. The van der Waals surface area contributed by atoms with Crippen molar-refractivity contribution < 1.29 is 9.53 Å². The minimum absolute atomic E-state index is 0.00118. The molecule has 1 atom stereocenters. The Morgan fingerprint density at radius 2 is 2.20 bits per heavy atom. The molecule has 0 spiro atoms. The Morgan fingerprint density at radius 1 is 1.36 bits per heavy atom. The van der Waals surface area contributed by atoms with Crippen molar-refractivity contribution in [3.8, 4) is 5.75 Å². The number of carbonyl (C=O) groups is 1. The molecule has 1 aliphatic heterocycles. The first-order valence-corrected chi connectivity index (χ1v) is 8.86. The quantitative estimate of drug-likeness (QED) is 0.838. The van der Waals surface area contributed by atoms with E-state index < -0.39 is 5.60 Å². The third-order valence-electron chi connectivity index (χ3n) is 4.92. The van der Waals surface area contributed by atoms with Gasteiger partial charge in [-0.3, -0.25) is 5.10 Å². The van der Waals surface area contributed by atoms with E-state index in [0.29, 0.717) is 13.1 Å². The van der Waals surface area contributed by atoms with Crippen LogP contribution in [0.5, 0.6) is 5.75 Å². The maximum atomic E-state index is 13.0. The lowest BCUT2D eigenvalue weighted by Crippen LogP contribution is -2.48. The number of aromatic amines is 1. The van der Waals surface area contributed by atoms with Gasteiger partial charge in [0, 0.05) is 5.56 Å². The molecular weight excluding hydrogens is 316 g/mol. The number of H-pyrrole nitrogens is 1. The normalized spacial score (nSPS) is 21.5. The van der Waals surface area contributed by atoms with Crippen LogP contribution in [-0.4, -0.2) is 33.3 Å². The fourth-order valence-corrected chi connectivity index (χ4v) is 3.78. The molecule has 2 amide bonds. The molecule has 0 saturated heterocycles. The van der Waals surface area contributed by atoms with Crippen LogP contribution < -0.4 is 10.1 Å². The van der Waals surface area contributed by atoms with Gasteiger partial charge in [-0.05, 0) is 44.7 Å². The number of nitrogens with one attached hydrogen (secondary N) is 2. The van der Waals surface area contributed by atoms with Gasteiger partial charge in [-0.2, -0.15) is 5.10 Å². The number of urea groups is 1. The van der Waals surface area contributed by atoms with Gasteiger partial charge in [0.25, 0.3) is 0 Å². The van der Waals surface area contributed by atoms with E-state index in [1.807, 2.05) is 49.2 Å². The van der Waals surface area contributed by atoms with Crippen LogP contribution in [0.3, 0.4) is 0 Å². The zero-order valence-corrected chi connectivity index (χ0v) is 14.7. The van der Waals surface area contributed by atoms with Crippen molar-refractivity contribution in [2.45, 2.75) is 51.3 Å². The Bertz CT molecular complexity index is 783. The predicted octanol–water partition coefficient (Wildman–Crippen LogP) is 3.17. The summed E-state index contributed by atoms with van der Waals surface area (Å²) in [6, 6.07) is 7.88. The van der Waals surface area contributed by atoms with Gasteiger partial charge in [-0.25, -0.2) is 4.79 Å². The Labute approximate surface area is 147 Å². The van der Waals surface area contributed by atoms with Crippen LogP contribution in [-0.2, 0) is 13.0 Å². The third kappa shape index (κ3) is 3.21. The number of para-hydroxylation sites is 1. The van der Waals surface area contributed by atoms with Crippen LogP contribution in [0, 0.1) is 0 Å². The summed E-state index contributed by atoms with van der Waals surface area (Å²) < 4.78 is 6.12. The first-order chi connectivity index (χ1) is 12.0. The van der Waals surface area contributed by atoms with Gasteiger partial charge >= 0.3 is 6.03 Å². The molecule has 2 aliphatic rings. The molecule has 1 aromatic heterocycles. The number of aryl methyl sites for hydroxylation is 1. The van der Waals surface area contributed by atoms with E-state index in [1.54, 1.807) is 0 Å². The number of benzene rings is 1. The second kappa shape index (κ2) is 6.10. The number of amides is 2. The van der Waals surface area contributed by atoms with E-state index in [9.17, 15) is 4.79 Å². The minimum Gasteiger partial charge on any atom is -0.486 e. The maximum absolute atomic E-state index is 13.0. The number of carbonyl (C=O) groups excluding carboxylic acids is 1. The van der Waals surface area contributed by atoms with Crippen LogP contribution in [0.25, 0.3) is 0 Å². The van der Waals surface area contributed by atoms with Crippen LogP contribution >= 0.6 is 0 Å². The fraction of sp³-hybridized carbons (Fsp3) is 0.474. The first kappa shape index (κ1) is 16.0. The highest BCUT2D eigenvalue weighted by Crippen LogP contribution is 2.31. The van der Waals surface area contributed by atoms with E-state index in [4.69, 9.17) is 4.74 Å². The molecule has 2 heterocycles. The smallest absolute Gasteiger partial charge is 0.318 e. The molecule has 0 radical (unpaired) electrons. The summed E-state index contributed by atoms with van der Waals surface area (Å²) in [5.74, 6) is 0.858. The molecule has 132 valence electrons. The molecule has 0 fully saturated rings. The van der Waals surface area contributed by atoms with Crippen LogP contribution in [0.15, 0.2) is 30.5 Å². The van der Waals surface area contributed by atoms with E-state index >= 15 is 0 Å². The topological polar surface area (TPSA) is 70.2 Å². The average molecular weight is 340 g/mol. The minimum atomic E-state index is -0.435. The summed E-state index contributed by atoms with van der Waals surface area (Å²) in [6.07, 6.45) is 4.89. The fourth-order valence-electron chi connectivity index (χ4n) is 3.78. The summed E-state index contributed by atoms with van der Waals surface area (Å²) in [7, 11) is 0. The van der Waals surface area contributed by atoms with Crippen LogP contribution in [0.1, 0.15) is 49.6 Å². The molecule has 0 bridgehead atoms. The van der Waals surface area contributed by atoms with Gasteiger partial charge in [0.15, 0.2) is 0 Å². The predicted molar refractivity (Wildman–Crippen MR) is 94.4 cm³/mol. The largest absolute Gasteiger partial charge is 0.486 e. The Kier molecular flexibility index (Phi) is 3.90. The van der Waals surface area contributed by atoms with Gasteiger partial charge in [0.2, 0.25) is 0 Å². The van der Waals surface area contributed by atoms with E-state index in [2.05, 4.69) is 15.5 Å². The molecular formula is C19H24N4O2. The number of hydrogen-bond acceptors (Lipinski definition) is 3. The van der Waals surface area contributed by atoms with Crippen LogP contribution in [0.2, 0.25) is 0 Å². The molecule has 4 rings (SSSR count). The standard InChI is InChI=1S/C19H24N4O2/c1-19(2)12-23(11-14-6-3-4-9-16(14)25-19)18(24)21-15-8-5-7-13-10-20-22-17(13)15/h3-4,6,9-10,15H,5,7-8,11-12H2,1-2H3,(H,20,22)(H,21,24)/t15-/m0/s1. The van der Waals surface area contributed by atoms with Crippen molar-refractivity contribution in [1.82, 2.24) is 20.4 Å². The Balaban J connectivity index is 1.54. The molecule has 6 heteroatoms. The molecule has 1 aromatic carbocycles. The number of nitrogens with zero attached hydrogens (tertiary/aromatic N) is 2. The first-order valence-electron chi connectivity index (χ1n) is 8.86. The summed E-state index contributed by atoms with van der Waals surface area (Å²) in [5, 5.41) is 10.4. The molecule has 2 N–H and O–H groups in total. The van der Waals surface area contributed by atoms with E-state index in [1.165, 1.54) is 5.56 Å². The summed E-state index contributed by atoms with van der Waals surface area (Å²) >= 11 is 0. The van der Waals surface area contributed by atoms with Crippen LogP contribution in [0.4, 0.5) is 4.79 Å². The molecule has 2 aromatic rings. The lowest BCUT2D eigenvalue weighted by Gasteiger charge is -2.31. The zero-order chi connectivity index (χ0) is 17.4. The second-order valence-corrected chi connectivity index (χ2v) is 7.53. The average Bonchev–Trinajstić information content (AvgIpc) is 2.99. The molecule has 0 saturated carbocycles.